The van der Waals surface area contributed by atoms with Crippen LogP contribution in [-0.2, 0) is 5.41 Å². The van der Waals surface area contributed by atoms with Crippen LogP contribution in [0.5, 0.6) is 5.75 Å². The fraction of sp³-hybridized carbons (Fsp3) is 0.0667. The SMILES string of the molecule is CC1C=CC(c2ccc(N(c3ccc(-c4cccc5c(-c6ccccc6)c(O)ccc45)cc3)c3ccc(C4(c5ccccc5)c5ccccc5-c5ccccc54)cc3)cc2)=CC1. The zero-order valence-corrected chi connectivity index (χ0v) is 34.6. The highest BCUT2D eigenvalue weighted by Gasteiger charge is 2.45. The van der Waals surface area contributed by atoms with E-state index >= 15 is 0 Å². The molecule has 0 heterocycles. The molecule has 0 spiro atoms. The van der Waals surface area contributed by atoms with E-state index in [2.05, 4.69) is 212 Å². The maximum Gasteiger partial charge on any atom is 0.124 e. The fourth-order valence-corrected chi connectivity index (χ4v) is 10.1. The molecule has 1 N–H and O–H groups in total. The number of benzene rings is 9. The Hall–Kier alpha value is -7.68. The van der Waals surface area contributed by atoms with Crippen LogP contribution in [-0.4, -0.2) is 5.11 Å². The van der Waals surface area contributed by atoms with Crippen LogP contribution in [0, 0.1) is 5.92 Å². The molecule has 9 aromatic carbocycles. The van der Waals surface area contributed by atoms with Gasteiger partial charge in [-0.1, -0.05) is 195 Å². The summed E-state index contributed by atoms with van der Waals surface area (Å²) in [5, 5.41) is 13.2. The second kappa shape index (κ2) is 15.4. The number of aromatic hydroxyl groups is 1. The van der Waals surface area contributed by atoms with Gasteiger partial charge in [-0.15, -0.1) is 0 Å². The molecule has 0 fully saturated rings. The number of nitrogens with zero attached hydrogens (tertiary/aromatic N) is 1. The topological polar surface area (TPSA) is 23.5 Å². The molecule has 2 heteroatoms. The lowest BCUT2D eigenvalue weighted by Crippen LogP contribution is -2.28. The van der Waals surface area contributed by atoms with Gasteiger partial charge in [-0.2, -0.15) is 0 Å². The molecule has 0 amide bonds. The summed E-state index contributed by atoms with van der Waals surface area (Å²) in [4.78, 5) is 2.37. The normalized spacial score (nSPS) is 14.9. The van der Waals surface area contributed by atoms with Gasteiger partial charge in [0.05, 0.1) is 5.41 Å². The minimum Gasteiger partial charge on any atom is -0.507 e. The molecule has 9 aromatic rings. The first kappa shape index (κ1) is 37.3. The number of hydrogen-bond donors (Lipinski definition) is 1. The van der Waals surface area contributed by atoms with Gasteiger partial charge in [-0.25, -0.2) is 0 Å². The first-order valence-electron chi connectivity index (χ1n) is 21.6. The number of allylic oxidation sites excluding steroid dienone is 4. The lowest BCUT2D eigenvalue weighted by Gasteiger charge is -2.34. The van der Waals surface area contributed by atoms with Crippen molar-refractivity contribution in [3.8, 4) is 39.1 Å². The number of fused-ring (bicyclic) bond motifs is 4. The van der Waals surface area contributed by atoms with Crippen LogP contribution in [0.25, 0.3) is 49.7 Å². The van der Waals surface area contributed by atoms with Gasteiger partial charge in [0.25, 0.3) is 0 Å². The van der Waals surface area contributed by atoms with Gasteiger partial charge < -0.3 is 10.0 Å². The predicted molar refractivity (Wildman–Crippen MR) is 259 cm³/mol. The molecule has 296 valence electrons. The minimum absolute atomic E-state index is 0.283. The van der Waals surface area contributed by atoms with E-state index in [-0.39, 0.29) is 5.75 Å². The minimum atomic E-state index is -0.463. The number of rotatable bonds is 8. The van der Waals surface area contributed by atoms with Crippen molar-refractivity contribution in [3.05, 3.63) is 258 Å². The van der Waals surface area contributed by atoms with Crippen LogP contribution in [0.3, 0.4) is 0 Å². The average Bonchev–Trinajstić information content (AvgIpc) is 3.64. The molecular weight excluding hydrogens is 751 g/mol. The average molecular weight is 796 g/mol. The first-order chi connectivity index (χ1) is 30.6. The standard InChI is InChI=1S/C60H45NO/c1-41-23-25-42(26-24-41)43-27-33-48(34-28-43)61(49-35-29-44(30-36-49)51-19-12-20-55-52(51)39-40-58(62)59(55)45-13-4-2-5-14-45)50-37-31-47(32-38-50)60(46-15-6-3-7-16-46)56-21-10-8-17-53(56)54-18-9-11-22-57(54)60/h2-23,25-41,62H,24H2,1H3. The molecule has 0 saturated carbocycles. The Labute approximate surface area is 364 Å². The van der Waals surface area contributed by atoms with Gasteiger partial charge in [-0.05, 0) is 127 Å². The van der Waals surface area contributed by atoms with Crippen LogP contribution in [0.4, 0.5) is 17.1 Å². The monoisotopic (exact) mass is 795 g/mol. The van der Waals surface area contributed by atoms with Crippen LogP contribution < -0.4 is 4.90 Å². The second-order valence-electron chi connectivity index (χ2n) is 16.6. The summed E-state index contributed by atoms with van der Waals surface area (Å²) >= 11 is 0. The zero-order chi connectivity index (χ0) is 41.6. The summed E-state index contributed by atoms with van der Waals surface area (Å²) in [6.07, 6.45) is 7.98. The van der Waals surface area contributed by atoms with Crippen molar-refractivity contribution in [1.82, 2.24) is 0 Å². The largest absolute Gasteiger partial charge is 0.507 e. The van der Waals surface area contributed by atoms with E-state index in [9.17, 15) is 5.11 Å². The molecule has 11 rings (SSSR count). The summed E-state index contributed by atoms with van der Waals surface area (Å²) < 4.78 is 0. The Balaban J connectivity index is 1.03. The third-order valence-electron chi connectivity index (χ3n) is 13.0. The Kier molecular flexibility index (Phi) is 9.28. The molecule has 0 aromatic heterocycles. The molecule has 62 heavy (non-hydrogen) atoms. The number of phenols is 1. The number of anilines is 3. The van der Waals surface area contributed by atoms with E-state index in [1.165, 1.54) is 44.5 Å². The molecular formula is C60H45NO. The van der Waals surface area contributed by atoms with Gasteiger partial charge in [0.1, 0.15) is 5.75 Å². The third kappa shape index (κ3) is 6.18. The summed E-state index contributed by atoms with van der Waals surface area (Å²) in [7, 11) is 0. The number of phenolic OH excluding ortho intramolecular Hbond substituents is 1. The molecule has 0 bridgehead atoms. The van der Waals surface area contributed by atoms with Crippen LogP contribution in [0.1, 0.15) is 41.2 Å². The molecule has 1 atom stereocenters. The van der Waals surface area contributed by atoms with E-state index < -0.39 is 5.41 Å². The maximum absolute atomic E-state index is 11.1. The third-order valence-corrected chi connectivity index (χ3v) is 13.0. The Morgan fingerprint density at radius 1 is 0.452 bits per heavy atom. The quantitative estimate of drug-likeness (QED) is 0.166. The van der Waals surface area contributed by atoms with Crippen molar-refractivity contribution in [2.45, 2.75) is 18.8 Å². The molecule has 1 unspecified atom stereocenters. The lowest BCUT2D eigenvalue weighted by atomic mass is 9.68. The van der Waals surface area contributed by atoms with Gasteiger partial charge in [-0.3, -0.25) is 0 Å². The first-order valence-corrected chi connectivity index (χ1v) is 21.6. The van der Waals surface area contributed by atoms with E-state index in [1.54, 1.807) is 0 Å². The van der Waals surface area contributed by atoms with Crippen molar-refractivity contribution in [2.75, 3.05) is 4.90 Å². The number of hydrogen-bond acceptors (Lipinski definition) is 2. The molecule has 0 radical (unpaired) electrons. The Bertz CT molecular complexity index is 3100. The predicted octanol–water partition coefficient (Wildman–Crippen LogP) is 15.7. The smallest absolute Gasteiger partial charge is 0.124 e. The van der Waals surface area contributed by atoms with E-state index in [0.29, 0.717) is 5.92 Å². The summed E-state index contributed by atoms with van der Waals surface area (Å²) in [6.45, 7) is 2.26. The van der Waals surface area contributed by atoms with Gasteiger partial charge in [0.15, 0.2) is 0 Å². The maximum atomic E-state index is 11.1. The second-order valence-corrected chi connectivity index (χ2v) is 16.6. The van der Waals surface area contributed by atoms with Crippen molar-refractivity contribution >= 4 is 33.4 Å². The Morgan fingerprint density at radius 3 is 1.60 bits per heavy atom. The zero-order valence-electron chi connectivity index (χ0n) is 34.6. The fourth-order valence-electron chi connectivity index (χ4n) is 10.1. The molecule has 2 aliphatic rings. The summed E-state index contributed by atoms with van der Waals surface area (Å²) in [5.74, 6) is 0.851. The van der Waals surface area contributed by atoms with Gasteiger partial charge in [0, 0.05) is 22.6 Å². The van der Waals surface area contributed by atoms with Crippen LogP contribution in [0.2, 0.25) is 0 Å². The Morgan fingerprint density at radius 2 is 0.984 bits per heavy atom. The summed E-state index contributed by atoms with van der Waals surface area (Å²) in [6, 6.07) is 76.4. The van der Waals surface area contributed by atoms with Crippen molar-refractivity contribution in [2.24, 2.45) is 5.92 Å². The highest BCUT2D eigenvalue weighted by atomic mass is 16.3. The van der Waals surface area contributed by atoms with Crippen molar-refractivity contribution in [1.29, 1.82) is 0 Å². The molecule has 0 saturated heterocycles. The highest BCUT2D eigenvalue weighted by Crippen LogP contribution is 2.56. The van der Waals surface area contributed by atoms with E-state index in [0.717, 1.165) is 56.5 Å². The van der Waals surface area contributed by atoms with E-state index in [1.807, 2.05) is 30.3 Å². The van der Waals surface area contributed by atoms with Gasteiger partial charge in [0.2, 0.25) is 0 Å². The molecule has 2 nitrogen and oxygen atoms in total. The van der Waals surface area contributed by atoms with Crippen molar-refractivity contribution in [3.63, 3.8) is 0 Å². The highest BCUT2D eigenvalue weighted by molar-refractivity contribution is 6.06. The molecule has 2 aliphatic carbocycles. The van der Waals surface area contributed by atoms with Crippen molar-refractivity contribution < 1.29 is 5.11 Å². The van der Waals surface area contributed by atoms with Crippen LogP contribution >= 0.6 is 0 Å². The lowest BCUT2D eigenvalue weighted by molar-refractivity contribution is 0.478. The van der Waals surface area contributed by atoms with Crippen LogP contribution in [0.15, 0.2) is 231 Å². The molecule has 0 aliphatic heterocycles. The van der Waals surface area contributed by atoms with E-state index in [4.69, 9.17) is 0 Å². The van der Waals surface area contributed by atoms with Gasteiger partial charge >= 0.3 is 0 Å². The summed E-state index contributed by atoms with van der Waals surface area (Å²) in [5.41, 5.74) is 17.0.